The third kappa shape index (κ3) is 3.09. The lowest BCUT2D eigenvalue weighted by Gasteiger charge is -2.18. The van der Waals surface area contributed by atoms with Crippen LogP contribution < -0.4 is 0 Å². The summed E-state index contributed by atoms with van der Waals surface area (Å²) in [6.07, 6.45) is -0.800. The first kappa shape index (κ1) is 14.8. The molecule has 4 heteroatoms. The molecule has 0 spiro atoms. The Morgan fingerprint density at radius 3 is 2.32 bits per heavy atom. The van der Waals surface area contributed by atoms with Gasteiger partial charge in [0.25, 0.3) is 0 Å². The van der Waals surface area contributed by atoms with Crippen molar-refractivity contribution in [3.8, 4) is 0 Å². The molecule has 2 aromatic rings. The molecule has 0 heterocycles. The van der Waals surface area contributed by atoms with Crippen molar-refractivity contribution in [3.05, 3.63) is 67.0 Å². The molecule has 2 rings (SSSR count). The van der Waals surface area contributed by atoms with Gasteiger partial charge in [-0.3, -0.25) is 0 Å². The summed E-state index contributed by atoms with van der Waals surface area (Å²) in [6, 6.07) is 8.25. The molecule has 2 aromatic carbocycles. The molecular weight excluding hydrogens is 378 g/mol. The zero-order chi connectivity index (χ0) is 14.2. The molecule has 0 aliphatic heterocycles. The summed E-state index contributed by atoms with van der Waals surface area (Å²) in [5.74, 6) is -0.285. The van der Waals surface area contributed by atoms with Crippen molar-refractivity contribution < 1.29 is 9.50 Å². The second-order valence-corrected chi connectivity index (χ2v) is 6.12. The summed E-state index contributed by atoms with van der Waals surface area (Å²) in [6.45, 7) is 3.60. The SMILES string of the molecule is Cc1cc(F)cc(C)c1C(O)c1cc(Cl)ccc1I. The van der Waals surface area contributed by atoms with Crippen LogP contribution in [-0.4, -0.2) is 5.11 Å². The van der Waals surface area contributed by atoms with Gasteiger partial charge >= 0.3 is 0 Å². The molecule has 19 heavy (non-hydrogen) atoms. The van der Waals surface area contributed by atoms with Crippen LogP contribution in [0.2, 0.25) is 5.02 Å². The third-order valence-corrected chi connectivity index (χ3v) is 4.30. The fourth-order valence-corrected chi connectivity index (χ4v) is 3.04. The molecule has 0 amide bonds. The summed E-state index contributed by atoms with van der Waals surface area (Å²) in [7, 11) is 0. The van der Waals surface area contributed by atoms with Crippen LogP contribution in [0.5, 0.6) is 0 Å². The highest BCUT2D eigenvalue weighted by molar-refractivity contribution is 14.1. The first-order chi connectivity index (χ1) is 8.90. The van der Waals surface area contributed by atoms with Crippen LogP contribution in [0.15, 0.2) is 30.3 Å². The van der Waals surface area contributed by atoms with E-state index < -0.39 is 6.10 Å². The highest BCUT2D eigenvalue weighted by Gasteiger charge is 2.19. The van der Waals surface area contributed by atoms with Gasteiger partial charge in [0.15, 0.2) is 0 Å². The molecule has 100 valence electrons. The van der Waals surface area contributed by atoms with Crippen molar-refractivity contribution in [2.24, 2.45) is 0 Å². The average molecular weight is 391 g/mol. The van der Waals surface area contributed by atoms with Crippen LogP contribution in [0.1, 0.15) is 28.4 Å². The molecule has 0 bridgehead atoms. The van der Waals surface area contributed by atoms with E-state index in [1.165, 1.54) is 12.1 Å². The number of hydrogen-bond acceptors (Lipinski definition) is 1. The number of rotatable bonds is 2. The zero-order valence-corrected chi connectivity index (χ0v) is 13.5. The topological polar surface area (TPSA) is 20.2 Å². The van der Waals surface area contributed by atoms with E-state index in [1.54, 1.807) is 26.0 Å². The van der Waals surface area contributed by atoms with Gasteiger partial charge < -0.3 is 5.11 Å². The Kier molecular flexibility index (Phi) is 4.48. The second-order valence-electron chi connectivity index (χ2n) is 4.52. The molecule has 1 unspecified atom stereocenters. The number of hydrogen-bond donors (Lipinski definition) is 1. The Morgan fingerprint density at radius 2 is 1.74 bits per heavy atom. The second kappa shape index (κ2) is 5.77. The Labute approximate surface area is 130 Å². The minimum absolute atomic E-state index is 0.285. The predicted molar refractivity (Wildman–Crippen MR) is 84.1 cm³/mol. The first-order valence-electron chi connectivity index (χ1n) is 5.80. The fourth-order valence-electron chi connectivity index (χ4n) is 2.23. The van der Waals surface area contributed by atoms with E-state index in [1.807, 2.05) is 6.07 Å². The standard InChI is InChI=1S/C15H13ClFIO/c1-8-5-11(17)6-9(2)14(8)15(19)12-7-10(16)3-4-13(12)18/h3-7,15,19H,1-2H3. The maximum Gasteiger partial charge on any atom is 0.123 e. The van der Waals surface area contributed by atoms with Gasteiger partial charge in [-0.1, -0.05) is 11.6 Å². The molecule has 1 N–H and O–H groups in total. The van der Waals surface area contributed by atoms with E-state index in [0.717, 1.165) is 25.8 Å². The lowest BCUT2D eigenvalue weighted by Crippen LogP contribution is -2.07. The van der Waals surface area contributed by atoms with Crippen LogP contribution in [0.3, 0.4) is 0 Å². The Balaban J connectivity index is 2.56. The largest absolute Gasteiger partial charge is 0.384 e. The highest BCUT2D eigenvalue weighted by Crippen LogP contribution is 2.32. The van der Waals surface area contributed by atoms with Crippen molar-refractivity contribution in [2.45, 2.75) is 20.0 Å². The number of aliphatic hydroxyl groups is 1. The molecule has 0 aliphatic rings. The summed E-state index contributed by atoms with van der Waals surface area (Å²) in [5, 5.41) is 11.1. The lowest BCUT2D eigenvalue weighted by molar-refractivity contribution is 0.217. The minimum atomic E-state index is -0.800. The van der Waals surface area contributed by atoms with Gasteiger partial charge in [-0.25, -0.2) is 4.39 Å². The van der Waals surface area contributed by atoms with Crippen molar-refractivity contribution in [1.29, 1.82) is 0 Å². The monoisotopic (exact) mass is 390 g/mol. The molecule has 1 nitrogen and oxygen atoms in total. The minimum Gasteiger partial charge on any atom is -0.384 e. The van der Waals surface area contributed by atoms with Gasteiger partial charge in [-0.15, -0.1) is 0 Å². The molecule has 0 fully saturated rings. The Bertz CT molecular complexity index is 605. The molecular formula is C15H13ClFIO. The summed E-state index contributed by atoms with van der Waals surface area (Å²) < 4.78 is 14.2. The van der Waals surface area contributed by atoms with E-state index in [0.29, 0.717) is 5.02 Å². The van der Waals surface area contributed by atoms with Gasteiger partial charge in [-0.2, -0.15) is 0 Å². The van der Waals surface area contributed by atoms with E-state index in [-0.39, 0.29) is 5.82 Å². The highest BCUT2D eigenvalue weighted by atomic mass is 127. The van der Waals surface area contributed by atoms with Crippen molar-refractivity contribution in [3.63, 3.8) is 0 Å². The van der Waals surface area contributed by atoms with E-state index in [2.05, 4.69) is 22.6 Å². The molecule has 0 saturated carbocycles. The molecule has 0 aliphatic carbocycles. The Hall–Kier alpha value is -0.650. The molecule has 0 aromatic heterocycles. The summed E-state index contributed by atoms with van der Waals surface area (Å²) in [5.41, 5.74) is 2.95. The van der Waals surface area contributed by atoms with E-state index in [9.17, 15) is 9.50 Å². The van der Waals surface area contributed by atoms with E-state index >= 15 is 0 Å². The Morgan fingerprint density at radius 1 is 1.16 bits per heavy atom. The normalized spacial score (nSPS) is 12.5. The number of aryl methyl sites for hydroxylation is 2. The van der Waals surface area contributed by atoms with Crippen LogP contribution >= 0.6 is 34.2 Å². The number of halogens is 3. The smallest absolute Gasteiger partial charge is 0.123 e. The predicted octanol–water partition coefficient (Wildman–Crippen LogP) is 4.78. The zero-order valence-electron chi connectivity index (χ0n) is 10.5. The fraction of sp³-hybridized carbons (Fsp3) is 0.200. The maximum absolute atomic E-state index is 13.3. The summed E-state index contributed by atoms with van der Waals surface area (Å²) >= 11 is 8.14. The number of aliphatic hydroxyl groups excluding tert-OH is 1. The molecule has 0 saturated heterocycles. The van der Waals surface area contributed by atoms with E-state index in [4.69, 9.17) is 11.6 Å². The maximum atomic E-state index is 13.3. The number of benzene rings is 2. The van der Waals surface area contributed by atoms with Gasteiger partial charge in [-0.05, 0) is 89.0 Å². The van der Waals surface area contributed by atoms with Crippen LogP contribution in [0.25, 0.3) is 0 Å². The third-order valence-electron chi connectivity index (χ3n) is 3.08. The van der Waals surface area contributed by atoms with Gasteiger partial charge in [0.2, 0.25) is 0 Å². The van der Waals surface area contributed by atoms with Crippen molar-refractivity contribution >= 4 is 34.2 Å². The van der Waals surface area contributed by atoms with Crippen LogP contribution in [-0.2, 0) is 0 Å². The van der Waals surface area contributed by atoms with Crippen LogP contribution in [0.4, 0.5) is 4.39 Å². The molecule has 0 radical (unpaired) electrons. The average Bonchev–Trinajstić information content (AvgIpc) is 2.30. The van der Waals surface area contributed by atoms with Gasteiger partial charge in [0.1, 0.15) is 11.9 Å². The summed E-state index contributed by atoms with van der Waals surface area (Å²) in [4.78, 5) is 0. The quantitative estimate of drug-likeness (QED) is 0.732. The van der Waals surface area contributed by atoms with Gasteiger partial charge in [0, 0.05) is 8.59 Å². The van der Waals surface area contributed by atoms with Crippen molar-refractivity contribution in [1.82, 2.24) is 0 Å². The first-order valence-corrected chi connectivity index (χ1v) is 7.25. The van der Waals surface area contributed by atoms with Crippen LogP contribution in [0, 0.1) is 23.2 Å². The lowest BCUT2D eigenvalue weighted by atomic mass is 9.93. The van der Waals surface area contributed by atoms with Crippen molar-refractivity contribution in [2.75, 3.05) is 0 Å². The van der Waals surface area contributed by atoms with Gasteiger partial charge in [0.05, 0.1) is 0 Å². The molecule has 1 atom stereocenters.